The SMILES string of the molecule is CCCCCS(=O)(=O)N(CCOC)C1C(C(=O)O)CCN1CC. The van der Waals surface area contributed by atoms with Crippen molar-refractivity contribution in [2.24, 2.45) is 5.92 Å². The van der Waals surface area contributed by atoms with Crippen LogP contribution < -0.4 is 0 Å². The molecule has 0 saturated carbocycles. The Hall–Kier alpha value is -0.700. The van der Waals surface area contributed by atoms with E-state index in [2.05, 4.69) is 0 Å². The number of carboxylic acids is 1. The van der Waals surface area contributed by atoms with Gasteiger partial charge in [-0.05, 0) is 19.4 Å². The van der Waals surface area contributed by atoms with Crippen molar-refractivity contribution in [1.29, 1.82) is 0 Å². The van der Waals surface area contributed by atoms with Gasteiger partial charge in [-0.2, -0.15) is 4.31 Å². The number of aliphatic carboxylic acids is 1. The number of carboxylic acid groups (broad SMARTS) is 1. The van der Waals surface area contributed by atoms with Crippen molar-refractivity contribution in [2.75, 3.05) is 39.1 Å². The Morgan fingerprint density at radius 3 is 2.57 bits per heavy atom. The van der Waals surface area contributed by atoms with Gasteiger partial charge in [-0.15, -0.1) is 0 Å². The summed E-state index contributed by atoms with van der Waals surface area (Å²) in [4.78, 5) is 13.5. The summed E-state index contributed by atoms with van der Waals surface area (Å²) < 4.78 is 32.0. The number of likely N-dealkylation sites (tertiary alicyclic amines) is 1. The second-order valence-electron chi connectivity index (χ2n) is 5.90. The zero-order valence-electron chi connectivity index (χ0n) is 14.4. The molecule has 0 aromatic rings. The summed E-state index contributed by atoms with van der Waals surface area (Å²) in [6.07, 6.45) is 2.25. The minimum absolute atomic E-state index is 0.0605. The van der Waals surface area contributed by atoms with E-state index in [0.717, 1.165) is 12.8 Å². The molecule has 1 heterocycles. The number of ether oxygens (including phenoxy) is 1. The molecule has 1 aliphatic rings. The molecule has 0 bridgehead atoms. The Morgan fingerprint density at radius 2 is 2.04 bits per heavy atom. The summed E-state index contributed by atoms with van der Waals surface area (Å²) >= 11 is 0. The molecule has 0 aromatic heterocycles. The third-order valence-corrected chi connectivity index (χ3v) is 6.28. The minimum atomic E-state index is -3.51. The highest BCUT2D eigenvalue weighted by atomic mass is 32.2. The molecule has 0 amide bonds. The van der Waals surface area contributed by atoms with Crippen LogP contribution >= 0.6 is 0 Å². The Balaban J connectivity index is 3.04. The normalized spacial score (nSPS) is 22.8. The van der Waals surface area contributed by atoms with Crippen LogP contribution in [0.25, 0.3) is 0 Å². The molecule has 0 spiro atoms. The van der Waals surface area contributed by atoms with Crippen LogP contribution in [0, 0.1) is 5.92 Å². The van der Waals surface area contributed by atoms with Gasteiger partial charge in [0.05, 0.1) is 24.4 Å². The lowest BCUT2D eigenvalue weighted by molar-refractivity contribution is -0.144. The fourth-order valence-electron chi connectivity index (χ4n) is 3.09. The van der Waals surface area contributed by atoms with Gasteiger partial charge in [-0.25, -0.2) is 8.42 Å². The third kappa shape index (κ3) is 5.41. The van der Waals surface area contributed by atoms with Gasteiger partial charge in [-0.3, -0.25) is 9.69 Å². The molecule has 7 nitrogen and oxygen atoms in total. The molecule has 1 fully saturated rings. The van der Waals surface area contributed by atoms with Crippen LogP contribution in [0.4, 0.5) is 0 Å². The molecular formula is C15H30N2O5S. The van der Waals surface area contributed by atoms with Crippen molar-refractivity contribution in [1.82, 2.24) is 9.21 Å². The number of sulfonamides is 1. The second kappa shape index (κ2) is 9.56. The number of carbonyl (C=O) groups is 1. The lowest BCUT2D eigenvalue weighted by Crippen LogP contribution is -2.53. The molecule has 2 atom stereocenters. The maximum absolute atomic E-state index is 12.8. The molecule has 2 unspecified atom stereocenters. The van der Waals surface area contributed by atoms with E-state index in [0.29, 0.717) is 25.9 Å². The van der Waals surface area contributed by atoms with Crippen molar-refractivity contribution in [3.63, 3.8) is 0 Å². The Labute approximate surface area is 139 Å². The van der Waals surface area contributed by atoms with Gasteiger partial charge in [0.1, 0.15) is 0 Å². The van der Waals surface area contributed by atoms with Gasteiger partial charge in [0, 0.05) is 20.2 Å². The molecule has 8 heteroatoms. The maximum atomic E-state index is 12.8. The molecule has 1 saturated heterocycles. The van der Waals surface area contributed by atoms with Gasteiger partial charge in [-0.1, -0.05) is 26.7 Å². The predicted octanol–water partition coefficient (Wildman–Crippen LogP) is 1.21. The number of rotatable bonds is 11. The molecule has 1 rings (SSSR count). The molecule has 1 aliphatic heterocycles. The van der Waals surface area contributed by atoms with E-state index < -0.39 is 28.1 Å². The summed E-state index contributed by atoms with van der Waals surface area (Å²) in [7, 11) is -1.99. The monoisotopic (exact) mass is 350 g/mol. The highest BCUT2D eigenvalue weighted by Gasteiger charge is 2.45. The van der Waals surface area contributed by atoms with Crippen molar-refractivity contribution in [3.8, 4) is 0 Å². The van der Waals surface area contributed by atoms with Crippen LogP contribution in [0.3, 0.4) is 0 Å². The summed E-state index contributed by atoms with van der Waals surface area (Å²) in [5.41, 5.74) is 0. The molecule has 136 valence electrons. The molecule has 23 heavy (non-hydrogen) atoms. The number of unbranched alkanes of at least 4 members (excludes halogenated alkanes) is 2. The van der Waals surface area contributed by atoms with E-state index >= 15 is 0 Å². The topological polar surface area (TPSA) is 87.1 Å². The Kier molecular flexibility index (Phi) is 8.46. The van der Waals surface area contributed by atoms with Gasteiger partial charge >= 0.3 is 5.97 Å². The number of hydrogen-bond acceptors (Lipinski definition) is 5. The van der Waals surface area contributed by atoms with Gasteiger partial charge in [0.25, 0.3) is 0 Å². The predicted molar refractivity (Wildman–Crippen MR) is 88.7 cm³/mol. The Bertz CT molecular complexity index is 468. The number of hydrogen-bond donors (Lipinski definition) is 1. The molecule has 0 aromatic carbocycles. The van der Waals surface area contributed by atoms with Crippen molar-refractivity contribution in [3.05, 3.63) is 0 Å². The van der Waals surface area contributed by atoms with Crippen molar-refractivity contribution in [2.45, 2.75) is 45.7 Å². The largest absolute Gasteiger partial charge is 0.481 e. The smallest absolute Gasteiger partial charge is 0.309 e. The van der Waals surface area contributed by atoms with E-state index in [1.54, 1.807) is 0 Å². The molecule has 1 N–H and O–H groups in total. The summed E-state index contributed by atoms with van der Waals surface area (Å²) in [6.45, 7) is 5.62. The number of nitrogens with zero attached hydrogens (tertiary/aromatic N) is 2. The van der Waals surface area contributed by atoms with E-state index in [1.165, 1.54) is 11.4 Å². The summed E-state index contributed by atoms with van der Waals surface area (Å²) in [5.74, 6) is -1.56. The van der Waals surface area contributed by atoms with Crippen LogP contribution in [-0.2, 0) is 19.6 Å². The third-order valence-electron chi connectivity index (χ3n) is 4.36. The van der Waals surface area contributed by atoms with Gasteiger partial charge in [0.2, 0.25) is 10.0 Å². The first kappa shape index (κ1) is 20.3. The van der Waals surface area contributed by atoms with Gasteiger partial charge < -0.3 is 9.84 Å². The van der Waals surface area contributed by atoms with Crippen LogP contribution in [0.5, 0.6) is 0 Å². The first-order chi connectivity index (χ1) is 10.9. The fraction of sp³-hybridized carbons (Fsp3) is 0.933. The standard InChI is InChI=1S/C15H30N2O5S/c1-4-6-7-12-23(20,21)17(10-11-22-3)14-13(15(18)19)8-9-16(14)5-2/h13-14H,4-12H2,1-3H3,(H,18,19). The lowest BCUT2D eigenvalue weighted by Gasteiger charge is -2.35. The first-order valence-corrected chi connectivity index (χ1v) is 9.95. The zero-order valence-corrected chi connectivity index (χ0v) is 15.2. The maximum Gasteiger partial charge on any atom is 0.309 e. The lowest BCUT2D eigenvalue weighted by atomic mass is 10.1. The second-order valence-corrected chi connectivity index (χ2v) is 7.94. The van der Waals surface area contributed by atoms with Gasteiger partial charge in [0.15, 0.2) is 0 Å². The Morgan fingerprint density at radius 1 is 1.35 bits per heavy atom. The molecule has 0 radical (unpaired) electrons. The van der Waals surface area contributed by atoms with E-state index in [1.807, 2.05) is 18.7 Å². The van der Waals surface area contributed by atoms with E-state index in [-0.39, 0.29) is 18.9 Å². The molecular weight excluding hydrogens is 320 g/mol. The number of methoxy groups -OCH3 is 1. The average molecular weight is 350 g/mol. The van der Waals surface area contributed by atoms with Crippen LogP contribution in [0.2, 0.25) is 0 Å². The summed E-state index contributed by atoms with van der Waals surface area (Å²) in [6, 6.07) is 0. The molecule has 0 aliphatic carbocycles. The summed E-state index contributed by atoms with van der Waals surface area (Å²) in [5, 5.41) is 9.47. The fourth-order valence-corrected chi connectivity index (χ4v) is 4.85. The van der Waals surface area contributed by atoms with E-state index in [4.69, 9.17) is 4.74 Å². The minimum Gasteiger partial charge on any atom is -0.481 e. The zero-order chi connectivity index (χ0) is 17.5. The van der Waals surface area contributed by atoms with Crippen molar-refractivity contribution < 1.29 is 23.1 Å². The highest BCUT2D eigenvalue weighted by molar-refractivity contribution is 7.89. The van der Waals surface area contributed by atoms with Crippen LogP contribution in [0.1, 0.15) is 39.5 Å². The van der Waals surface area contributed by atoms with Crippen molar-refractivity contribution >= 4 is 16.0 Å². The van der Waals surface area contributed by atoms with Crippen LogP contribution in [0.15, 0.2) is 0 Å². The van der Waals surface area contributed by atoms with Crippen LogP contribution in [-0.4, -0.2) is 74.0 Å². The van der Waals surface area contributed by atoms with E-state index in [9.17, 15) is 18.3 Å². The highest BCUT2D eigenvalue weighted by Crippen LogP contribution is 2.29. The first-order valence-electron chi connectivity index (χ1n) is 8.34. The quantitative estimate of drug-likeness (QED) is 0.564. The average Bonchev–Trinajstić information content (AvgIpc) is 2.91.